The molecule has 0 radical (unpaired) electrons. The van der Waals surface area contributed by atoms with Gasteiger partial charge in [0.1, 0.15) is 11.5 Å². The van der Waals surface area contributed by atoms with Crippen LogP contribution in [0.3, 0.4) is 0 Å². The van der Waals surface area contributed by atoms with Gasteiger partial charge in [0.15, 0.2) is 0 Å². The van der Waals surface area contributed by atoms with Gasteiger partial charge in [0.05, 0.1) is 12.7 Å². The van der Waals surface area contributed by atoms with Crippen LogP contribution in [0, 0.1) is 0 Å². The monoisotopic (exact) mass is 267 g/mol. The number of carbonyl (C=O) groups is 1. The number of phenols is 1. The number of rotatable bonds is 8. The van der Waals surface area contributed by atoms with E-state index in [-0.39, 0.29) is 23.8 Å². The molecule has 0 aromatic heterocycles. The summed E-state index contributed by atoms with van der Waals surface area (Å²) in [6.07, 6.45) is 3.57. The largest absolute Gasteiger partial charge is 0.507 e. The molecular formula is C14H21NO4. The van der Waals surface area contributed by atoms with E-state index in [4.69, 9.17) is 9.84 Å². The first-order valence-corrected chi connectivity index (χ1v) is 6.45. The van der Waals surface area contributed by atoms with E-state index in [1.165, 1.54) is 19.2 Å². The Bertz CT molecular complexity index is 406. The van der Waals surface area contributed by atoms with Crippen molar-refractivity contribution in [2.75, 3.05) is 20.3 Å². The maximum Gasteiger partial charge on any atom is 0.255 e. The van der Waals surface area contributed by atoms with E-state index in [1.807, 2.05) is 0 Å². The molecule has 1 aromatic carbocycles. The number of aliphatic hydroxyl groups excluding tert-OH is 1. The standard InChI is InChI=1S/C14H21NO4/c1-19-11-6-7-13(17)12(10-11)14(18)15-8-4-2-3-5-9-16/h6-7,10,16-17H,2-5,8-9H2,1H3,(H,15,18). The lowest BCUT2D eigenvalue weighted by Gasteiger charge is -2.08. The molecule has 0 bridgehead atoms. The Morgan fingerprint density at radius 2 is 2.00 bits per heavy atom. The number of methoxy groups -OCH3 is 1. The van der Waals surface area contributed by atoms with Crippen LogP contribution in [0.1, 0.15) is 36.0 Å². The van der Waals surface area contributed by atoms with Crippen LogP contribution in [-0.2, 0) is 0 Å². The molecule has 0 aliphatic rings. The molecule has 1 aromatic rings. The Labute approximate surface area is 113 Å². The first-order chi connectivity index (χ1) is 9.19. The van der Waals surface area contributed by atoms with Gasteiger partial charge in [-0.25, -0.2) is 0 Å². The molecule has 0 saturated heterocycles. The second-order valence-electron chi connectivity index (χ2n) is 4.28. The van der Waals surface area contributed by atoms with Gasteiger partial charge in [0.2, 0.25) is 0 Å². The number of aromatic hydroxyl groups is 1. The van der Waals surface area contributed by atoms with E-state index >= 15 is 0 Å². The van der Waals surface area contributed by atoms with Crippen molar-refractivity contribution in [2.45, 2.75) is 25.7 Å². The summed E-state index contributed by atoms with van der Waals surface area (Å²) in [5.41, 5.74) is 0.217. The van der Waals surface area contributed by atoms with Crippen LogP contribution in [0.15, 0.2) is 18.2 Å². The summed E-state index contributed by atoms with van der Waals surface area (Å²) in [5.74, 6) is 0.169. The van der Waals surface area contributed by atoms with E-state index < -0.39 is 0 Å². The number of amides is 1. The average molecular weight is 267 g/mol. The van der Waals surface area contributed by atoms with Crippen molar-refractivity contribution in [3.8, 4) is 11.5 Å². The van der Waals surface area contributed by atoms with Crippen LogP contribution in [0.5, 0.6) is 11.5 Å². The molecule has 0 fully saturated rings. The third-order valence-corrected chi connectivity index (χ3v) is 2.82. The van der Waals surface area contributed by atoms with E-state index in [9.17, 15) is 9.90 Å². The minimum Gasteiger partial charge on any atom is -0.507 e. The summed E-state index contributed by atoms with van der Waals surface area (Å²) in [7, 11) is 1.51. The fourth-order valence-electron chi connectivity index (χ4n) is 1.71. The van der Waals surface area contributed by atoms with Gasteiger partial charge in [-0.05, 0) is 31.0 Å². The zero-order valence-electron chi connectivity index (χ0n) is 11.2. The number of benzene rings is 1. The van der Waals surface area contributed by atoms with Gasteiger partial charge in [-0.2, -0.15) is 0 Å². The third-order valence-electron chi connectivity index (χ3n) is 2.82. The molecule has 0 spiro atoms. The predicted molar refractivity (Wildman–Crippen MR) is 72.5 cm³/mol. The van der Waals surface area contributed by atoms with E-state index in [2.05, 4.69) is 5.32 Å². The highest BCUT2D eigenvalue weighted by Gasteiger charge is 2.11. The zero-order chi connectivity index (χ0) is 14.1. The summed E-state index contributed by atoms with van der Waals surface area (Å²) < 4.78 is 5.02. The summed E-state index contributed by atoms with van der Waals surface area (Å²) in [5, 5.41) is 21.0. The maximum absolute atomic E-state index is 11.9. The number of carbonyl (C=O) groups excluding carboxylic acids is 1. The normalized spacial score (nSPS) is 10.2. The molecule has 3 N–H and O–H groups in total. The predicted octanol–water partition coefficient (Wildman–Crippen LogP) is 1.68. The molecule has 1 rings (SSSR count). The van der Waals surface area contributed by atoms with Crippen molar-refractivity contribution in [3.05, 3.63) is 23.8 Å². The molecule has 19 heavy (non-hydrogen) atoms. The van der Waals surface area contributed by atoms with Crippen molar-refractivity contribution in [3.63, 3.8) is 0 Å². The van der Waals surface area contributed by atoms with Crippen LogP contribution >= 0.6 is 0 Å². The molecule has 0 aliphatic carbocycles. The number of nitrogens with one attached hydrogen (secondary N) is 1. The lowest BCUT2D eigenvalue weighted by atomic mass is 10.1. The van der Waals surface area contributed by atoms with Crippen molar-refractivity contribution in [2.24, 2.45) is 0 Å². The van der Waals surface area contributed by atoms with E-state index in [0.717, 1.165) is 25.7 Å². The zero-order valence-corrected chi connectivity index (χ0v) is 11.2. The summed E-state index contributed by atoms with van der Waals surface area (Å²) >= 11 is 0. The molecule has 0 atom stereocenters. The van der Waals surface area contributed by atoms with Gasteiger partial charge in [0.25, 0.3) is 5.91 Å². The molecule has 0 heterocycles. The van der Waals surface area contributed by atoms with Gasteiger partial charge in [-0.15, -0.1) is 0 Å². The molecule has 5 heteroatoms. The van der Waals surface area contributed by atoms with Crippen molar-refractivity contribution >= 4 is 5.91 Å². The molecular weight excluding hydrogens is 246 g/mol. The van der Waals surface area contributed by atoms with Crippen LogP contribution in [0.25, 0.3) is 0 Å². The Hall–Kier alpha value is -1.75. The number of aliphatic hydroxyl groups is 1. The Kier molecular flexibility index (Phi) is 6.74. The number of hydrogen-bond donors (Lipinski definition) is 3. The lowest BCUT2D eigenvalue weighted by Crippen LogP contribution is -2.24. The van der Waals surface area contributed by atoms with Crippen LogP contribution in [0.2, 0.25) is 0 Å². The fourth-order valence-corrected chi connectivity index (χ4v) is 1.71. The highest BCUT2D eigenvalue weighted by molar-refractivity contribution is 5.97. The lowest BCUT2D eigenvalue weighted by molar-refractivity contribution is 0.0949. The summed E-state index contributed by atoms with van der Waals surface area (Å²) in [4.78, 5) is 11.9. The quantitative estimate of drug-likeness (QED) is 0.626. The first-order valence-electron chi connectivity index (χ1n) is 6.45. The number of unbranched alkanes of at least 4 members (excludes halogenated alkanes) is 3. The summed E-state index contributed by atoms with van der Waals surface area (Å²) in [6, 6.07) is 4.55. The number of phenolic OH excluding ortho intramolecular Hbond substituents is 1. The SMILES string of the molecule is COc1ccc(O)c(C(=O)NCCCCCCO)c1. The Morgan fingerprint density at radius 1 is 1.26 bits per heavy atom. The van der Waals surface area contributed by atoms with Gasteiger partial charge >= 0.3 is 0 Å². The van der Waals surface area contributed by atoms with Crippen LogP contribution in [0.4, 0.5) is 0 Å². The third kappa shape index (κ3) is 5.18. The molecule has 1 amide bonds. The maximum atomic E-state index is 11.9. The molecule has 5 nitrogen and oxygen atoms in total. The minimum absolute atomic E-state index is 0.0569. The van der Waals surface area contributed by atoms with Crippen molar-refractivity contribution in [1.82, 2.24) is 5.32 Å². The van der Waals surface area contributed by atoms with Crippen LogP contribution < -0.4 is 10.1 Å². The summed E-state index contributed by atoms with van der Waals surface area (Å²) in [6.45, 7) is 0.769. The van der Waals surface area contributed by atoms with Crippen LogP contribution in [-0.4, -0.2) is 36.4 Å². The second-order valence-corrected chi connectivity index (χ2v) is 4.28. The Morgan fingerprint density at radius 3 is 2.68 bits per heavy atom. The second kappa shape index (κ2) is 8.37. The van der Waals surface area contributed by atoms with Gasteiger partial charge in [-0.3, -0.25) is 4.79 Å². The smallest absolute Gasteiger partial charge is 0.255 e. The number of ether oxygens (including phenoxy) is 1. The molecule has 0 unspecified atom stereocenters. The number of hydrogen-bond acceptors (Lipinski definition) is 4. The average Bonchev–Trinajstić information content (AvgIpc) is 2.43. The first kappa shape index (κ1) is 15.3. The van der Waals surface area contributed by atoms with Gasteiger partial charge in [-0.1, -0.05) is 12.8 Å². The highest BCUT2D eigenvalue weighted by Crippen LogP contribution is 2.22. The minimum atomic E-state index is -0.307. The fraction of sp³-hybridized carbons (Fsp3) is 0.500. The van der Waals surface area contributed by atoms with E-state index in [0.29, 0.717) is 12.3 Å². The topological polar surface area (TPSA) is 78.8 Å². The molecule has 0 saturated carbocycles. The van der Waals surface area contributed by atoms with Crippen molar-refractivity contribution < 1.29 is 19.7 Å². The van der Waals surface area contributed by atoms with Crippen molar-refractivity contribution in [1.29, 1.82) is 0 Å². The van der Waals surface area contributed by atoms with Gasteiger partial charge in [0, 0.05) is 13.2 Å². The van der Waals surface area contributed by atoms with Gasteiger partial charge < -0.3 is 20.3 Å². The highest BCUT2D eigenvalue weighted by atomic mass is 16.5. The Balaban J connectivity index is 2.40. The van der Waals surface area contributed by atoms with E-state index in [1.54, 1.807) is 6.07 Å². The molecule has 106 valence electrons. The molecule has 0 aliphatic heterocycles.